The fourth-order valence-corrected chi connectivity index (χ4v) is 1.95. The molecule has 0 aromatic heterocycles. The third-order valence-electron chi connectivity index (χ3n) is 2.86. The summed E-state index contributed by atoms with van der Waals surface area (Å²) in [6, 6.07) is 7.37. The first-order valence-electron chi connectivity index (χ1n) is 6.34. The Morgan fingerprint density at radius 1 is 1.24 bits per heavy atom. The molecule has 0 saturated carbocycles. The molecule has 94 valence electrons. The molecule has 0 aliphatic carbocycles. The monoisotopic (exact) mass is 234 g/mol. The van der Waals surface area contributed by atoms with Crippen LogP contribution in [0.5, 0.6) is 0 Å². The predicted molar refractivity (Wildman–Crippen MR) is 72.8 cm³/mol. The van der Waals surface area contributed by atoms with E-state index in [1.165, 1.54) is 0 Å². The van der Waals surface area contributed by atoms with Crippen LogP contribution in [0.1, 0.15) is 39.5 Å². The predicted octanol–water partition coefficient (Wildman–Crippen LogP) is 3.42. The number of hydrogen-bond donors (Lipinski definition) is 2. The van der Waals surface area contributed by atoms with Crippen molar-refractivity contribution in [2.24, 2.45) is 5.92 Å². The van der Waals surface area contributed by atoms with Crippen molar-refractivity contribution in [1.29, 1.82) is 0 Å². The van der Waals surface area contributed by atoms with Crippen molar-refractivity contribution >= 4 is 17.3 Å². The van der Waals surface area contributed by atoms with Crippen molar-refractivity contribution in [3.63, 3.8) is 0 Å². The van der Waals surface area contributed by atoms with Gasteiger partial charge in [0, 0.05) is 5.92 Å². The zero-order valence-electron chi connectivity index (χ0n) is 10.7. The normalized spacial score (nSPS) is 10.5. The lowest BCUT2D eigenvalue weighted by molar-refractivity contribution is -0.120. The number of rotatable bonds is 6. The van der Waals surface area contributed by atoms with Crippen LogP contribution in [0.15, 0.2) is 24.3 Å². The van der Waals surface area contributed by atoms with Crippen molar-refractivity contribution in [2.75, 3.05) is 11.1 Å². The van der Waals surface area contributed by atoms with E-state index in [1.807, 2.05) is 18.2 Å². The quantitative estimate of drug-likeness (QED) is 0.741. The van der Waals surface area contributed by atoms with Crippen molar-refractivity contribution in [2.45, 2.75) is 39.5 Å². The molecule has 0 saturated heterocycles. The first kappa shape index (κ1) is 13.6. The second kappa shape index (κ2) is 6.94. The second-order valence-corrected chi connectivity index (χ2v) is 4.35. The van der Waals surface area contributed by atoms with E-state index in [-0.39, 0.29) is 11.8 Å². The van der Waals surface area contributed by atoms with Gasteiger partial charge in [0.25, 0.3) is 0 Å². The number of carbonyl (C=O) groups excluding carboxylic acids is 1. The van der Waals surface area contributed by atoms with Crippen LogP contribution in [0.25, 0.3) is 0 Å². The van der Waals surface area contributed by atoms with Gasteiger partial charge in [-0.15, -0.1) is 0 Å². The molecule has 0 aliphatic rings. The number of anilines is 2. The van der Waals surface area contributed by atoms with Crippen LogP contribution in [-0.2, 0) is 4.79 Å². The smallest absolute Gasteiger partial charge is 0.227 e. The van der Waals surface area contributed by atoms with E-state index in [0.29, 0.717) is 5.69 Å². The van der Waals surface area contributed by atoms with Gasteiger partial charge in [0.1, 0.15) is 0 Å². The van der Waals surface area contributed by atoms with Gasteiger partial charge in [0.05, 0.1) is 11.4 Å². The minimum atomic E-state index is 0.0894. The molecule has 0 atom stereocenters. The lowest BCUT2D eigenvalue weighted by atomic mass is 9.97. The highest BCUT2D eigenvalue weighted by molar-refractivity contribution is 5.95. The molecule has 0 aliphatic heterocycles. The van der Waals surface area contributed by atoms with E-state index in [4.69, 9.17) is 5.73 Å². The van der Waals surface area contributed by atoms with E-state index in [0.717, 1.165) is 31.4 Å². The number of benzene rings is 1. The Bertz CT molecular complexity index is 357. The molecule has 0 bridgehead atoms. The Labute approximate surface area is 103 Å². The van der Waals surface area contributed by atoms with Gasteiger partial charge in [-0.05, 0) is 25.0 Å². The maximum absolute atomic E-state index is 12.1. The average molecular weight is 234 g/mol. The van der Waals surface area contributed by atoms with Crippen molar-refractivity contribution in [3.8, 4) is 0 Å². The topological polar surface area (TPSA) is 55.1 Å². The molecule has 17 heavy (non-hydrogen) atoms. The summed E-state index contributed by atoms with van der Waals surface area (Å²) in [5.41, 5.74) is 7.14. The van der Waals surface area contributed by atoms with Gasteiger partial charge >= 0.3 is 0 Å². The molecule has 1 rings (SSSR count). The fraction of sp³-hybridized carbons (Fsp3) is 0.500. The van der Waals surface area contributed by atoms with Gasteiger partial charge in [-0.3, -0.25) is 4.79 Å². The second-order valence-electron chi connectivity index (χ2n) is 4.35. The van der Waals surface area contributed by atoms with E-state index in [1.54, 1.807) is 6.07 Å². The summed E-state index contributed by atoms with van der Waals surface area (Å²) in [7, 11) is 0. The first-order chi connectivity index (χ1) is 8.19. The molecule has 0 unspecified atom stereocenters. The highest BCUT2D eigenvalue weighted by Crippen LogP contribution is 2.20. The molecule has 0 spiro atoms. The van der Waals surface area contributed by atoms with E-state index in [2.05, 4.69) is 19.2 Å². The van der Waals surface area contributed by atoms with Crippen LogP contribution < -0.4 is 11.1 Å². The summed E-state index contributed by atoms with van der Waals surface area (Å²) in [6.45, 7) is 4.21. The Morgan fingerprint density at radius 3 is 2.35 bits per heavy atom. The summed E-state index contributed by atoms with van der Waals surface area (Å²) in [5, 5.41) is 2.92. The molecule has 1 amide bonds. The lowest BCUT2D eigenvalue weighted by Gasteiger charge is -2.16. The van der Waals surface area contributed by atoms with Gasteiger partial charge in [0.2, 0.25) is 5.91 Å². The fourth-order valence-electron chi connectivity index (χ4n) is 1.95. The van der Waals surface area contributed by atoms with E-state index < -0.39 is 0 Å². The summed E-state index contributed by atoms with van der Waals surface area (Å²) in [5.74, 6) is 0.191. The van der Waals surface area contributed by atoms with Crippen LogP contribution in [0, 0.1) is 5.92 Å². The Morgan fingerprint density at radius 2 is 1.82 bits per heavy atom. The lowest BCUT2D eigenvalue weighted by Crippen LogP contribution is -2.23. The van der Waals surface area contributed by atoms with Crippen LogP contribution in [-0.4, -0.2) is 5.91 Å². The molecular weight excluding hydrogens is 212 g/mol. The maximum atomic E-state index is 12.1. The number of amides is 1. The third-order valence-corrected chi connectivity index (χ3v) is 2.86. The van der Waals surface area contributed by atoms with Crippen LogP contribution in [0.3, 0.4) is 0 Å². The van der Waals surface area contributed by atoms with Gasteiger partial charge in [0.15, 0.2) is 0 Å². The van der Waals surface area contributed by atoms with Gasteiger partial charge in [-0.1, -0.05) is 38.8 Å². The molecule has 1 aromatic rings. The van der Waals surface area contributed by atoms with Gasteiger partial charge < -0.3 is 11.1 Å². The standard InChI is InChI=1S/C14H22N2O/c1-3-7-11(8-4-2)14(17)16-13-10-6-5-9-12(13)15/h5-6,9-11H,3-4,7-8,15H2,1-2H3,(H,16,17). The largest absolute Gasteiger partial charge is 0.397 e. The van der Waals surface area contributed by atoms with Crippen molar-refractivity contribution in [3.05, 3.63) is 24.3 Å². The molecule has 1 aromatic carbocycles. The zero-order chi connectivity index (χ0) is 12.7. The minimum absolute atomic E-state index is 0.0894. The number of nitrogen functional groups attached to an aromatic ring is 1. The minimum Gasteiger partial charge on any atom is -0.397 e. The number of para-hydroxylation sites is 2. The van der Waals surface area contributed by atoms with Crippen LogP contribution >= 0.6 is 0 Å². The van der Waals surface area contributed by atoms with E-state index in [9.17, 15) is 4.79 Å². The zero-order valence-corrected chi connectivity index (χ0v) is 10.7. The van der Waals surface area contributed by atoms with Crippen molar-refractivity contribution < 1.29 is 4.79 Å². The molecule has 0 fully saturated rings. The number of hydrogen-bond acceptors (Lipinski definition) is 2. The number of carbonyl (C=O) groups is 1. The molecule has 0 heterocycles. The molecule has 3 heteroatoms. The highest BCUT2D eigenvalue weighted by Gasteiger charge is 2.17. The number of nitrogens with one attached hydrogen (secondary N) is 1. The summed E-state index contributed by atoms with van der Waals surface area (Å²) < 4.78 is 0. The summed E-state index contributed by atoms with van der Waals surface area (Å²) in [4.78, 5) is 12.1. The van der Waals surface area contributed by atoms with Crippen LogP contribution in [0.4, 0.5) is 11.4 Å². The summed E-state index contributed by atoms with van der Waals surface area (Å²) >= 11 is 0. The summed E-state index contributed by atoms with van der Waals surface area (Å²) in [6.07, 6.45) is 3.93. The highest BCUT2D eigenvalue weighted by atomic mass is 16.1. The Hall–Kier alpha value is -1.51. The third kappa shape index (κ3) is 4.10. The van der Waals surface area contributed by atoms with Gasteiger partial charge in [-0.2, -0.15) is 0 Å². The molecule has 3 nitrogen and oxygen atoms in total. The Kier molecular flexibility index (Phi) is 5.53. The van der Waals surface area contributed by atoms with E-state index >= 15 is 0 Å². The first-order valence-corrected chi connectivity index (χ1v) is 6.34. The molecular formula is C14H22N2O. The molecule has 3 N–H and O–H groups in total. The Balaban J connectivity index is 2.66. The molecule has 0 radical (unpaired) electrons. The average Bonchev–Trinajstić information content (AvgIpc) is 2.32. The van der Waals surface area contributed by atoms with Crippen LogP contribution in [0.2, 0.25) is 0 Å². The maximum Gasteiger partial charge on any atom is 0.227 e. The SMILES string of the molecule is CCCC(CCC)C(=O)Nc1ccccc1N. The number of nitrogens with two attached hydrogens (primary N) is 1. The van der Waals surface area contributed by atoms with Crippen molar-refractivity contribution in [1.82, 2.24) is 0 Å². The van der Waals surface area contributed by atoms with Gasteiger partial charge in [-0.25, -0.2) is 0 Å².